The van der Waals surface area contributed by atoms with E-state index in [-0.39, 0.29) is 18.0 Å². The van der Waals surface area contributed by atoms with Gasteiger partial charge in [0.15, 0.2) is 11.6 Å². The number of aromatic nitrogens is 2. The van der Waals surface area contributed by atoms with E-state index in [1.807, 2.05) is 12.1 Å². The number of nitrogens with zero attached hydrogens (tertiary/aromatic N) is 2. The number of fused-ring (bicyclic) bond motifs is 1. The van der Waals surface area contributed by atoms with Crippen LogP contribution in [0.15, 0.2) is 54.9 Å². The molecule has 2 aromatic heterocycles. The monoisotopic (exact) mass is 298 g/mol. The molecule has 4 nitrogen and oxygen atoms in total. The number of carbonyl (C=O) groups is 2. The van der Waals surface area contributed by atoms with Gasteiger partial charge in [-0.25, -0.2) is 4.52 Å². The zero-order valence-electron chi connectivity index (χ0n) is 11.0. The van der Waals surface area contributed by atoms with Crippen LogP contribution in [0, 0.1) is 0 Å². The van der Waals surface area contributed by atoms with Crippen molar-refractivity contribution in [2.75, 3.05) is 0 Å². The maximum absolute atomic E-state index is 12.3. The number of ketones is 2. The molecular weight excluding hydrogens is 288 g/mol. The third-order valence-electron chi connectivity index (χ3n) is 3.19. The summed E-state index contributed by atoms with van der Waals surface area (Å²) >= 11 is 5.85. The summed E-state index contributed by atoms with van der Waals surface area (Å²) in [6, 6.07) is 12.0. The first-order chi connectivity index (χ1) is 10.1. The van der Waals surface area contributed by atoms with Crippen molar-refractivity contribution in [1.29, 1.82) is 0 Å². The normalized spacial score (nSPS) is 10.7. The minimum absolute atomic E-state index is 0.198. The molecule has 0 aliphatic heterocycles. The molecule has 0 N–H and O–H groups in total. The fourth-order valence-electron chi connectivity index (χ4n) is 2.15. The Labute approximate surface area is 126 Å². The third-order valence-corrected chi connectivity index (χ3v) is 3.43. The molecule has 0 fully saturated rings. The molecule has 0 aliphatic carbocycles. The van der Waals surface area contributed by atoms with Gasteiger partial charge in [-0.1, -0.05) is 29.8 Å². The van der Waals surface area contributed by atoms with Gasteiger partial charge in [0.1, 0.15) is 0 Å². The minimum atomic E-state index is -0.252. The van der Waals surface area contributed by atoms with E-state index < -0.39 is 0 Å². The van der Waals surface area contributed by atoms with E-state index in [4.69, 9.17) is 11.6 Å². The van der Waals surface area contributed by atoms with Crippen molar-refractivity contribution in [1.82, 2.24) is 9.61 Å². The average Bonchev–Trinajstić information content (AvgIpc) is 2.91. The van der Waals surface area contributed by atoms with E-state index in [0.29, 0.717) is 21.7 Å². The predicted molar refractivity (Wildman–Crippen MR) is 79.9 cm³/mol. The van der Waals surface area contributed by atoms with Crippen LogP contribution in [0.25, 0.3) is 5.52 Å². The van der Waals surface area contributed by atoms with E-state index in [0.717, 1.165) is 0 Å². The molecule has 5 heteroatoms. The molecule has 3 aromatic rings. The molecule has 0 bridgehead atoms. The van der Waals surface area contributed by atoms with Gasteiger partial charge < -0.3 is 0 Å². The Morgan fingerprint density at radius 1 is 1.10 bits per heavy atom. The Balaban J connectivity index is 1.85. The van der Waals surface area contributed by atoms with Gasteiger partial charge in [0, 0.05) is 16.8 Å². The van der Waals surface area contributed by atoms with Crippen LogP contribution >= 0.6 is 11.6 Å². The smallest absolute Gasteiger partial charge is 0.174 e. The summed E-state index contributed by atoms with van der Waals surface area (Å²) in [5.74, 6) is -0.501. The van der Waals surface area contributed by atoms with Crippen molar-refractivity contribution in [2.45, 2.75) is 6.42 Å². The Hall–Kier alpha value is -2.46. The highest BCUT2D eigenvalue weighted by Gasteiger charge is 2.17. The number of halogens is 1. The molecule has 0 unspecified atom stereocenters. The number of hydrogen-bond acceptors (Lipinski definition) is 3. The van der Waals surface area contributed by atoms with Gasteiger partial charge in [0.25, 0.3) is 0 Å². The second kappa shape index (κ2) is 5.50. The molecule has 104 valence electrons. The molecule has 0 aliphatic rings. The summed E-state index contributed by atoms with van der Waals surface area (Å²) in [6.45, 7) is 0. The first-order valence-corrected chi connectivity index (χ1v) is 6.77. The highest BCUT2D eigenvalue weighted by molar-refractivity contribution is 6.31. The van der Waals surface area contributed by atoms with E-state index in [9.17, 15) is 9.59 Å². The standard InChI is InChI=1S/C16H11ClN2O2/c17-12-5-3-4-11(8-12)15(20)9-16(21)13-10-18-19-7-2-1-6-14(13)19/h1-8,10H,9H2. The minimum Gasteiger partial charge on any atom is -0.294 e. The van der Waals surface area contributed by atoms with Crippen molar-refractivity contribution >= 4 is 28.7 Å². The van der Waals surface area contributed by atoms with E-state index in [2.05, 4.69) is 5.10 Å². The molecule has 0 atom stereocenters. The number of benzene rings is 1. The molecule has 3 rings (SSSR count). The fraction of sp³-hybridized carbons (Fsp3) is 0.0625. The van der Waals surface area contributed by atoms with E-state index in [1.165, 1.54) is 6.20 Å². The summed E-state index contributed by atoms with van der Waals surface area (Å²) in [6.07, 6.45) is 3.05. The predicted octanol–water partition coefficient (Wildman–Crippen LogP) is 3.44. The van der Waals surface area contributed by atoms with Gasteiger partial charge >= 0.3 is 0 Å². The molecule has 1 aromatic carbocycles. The lowest BCUT2D eigenvalue weighted by molar-refractivity contribution is 0.0895. The van der Waals surface area contributed by atoms with Crippen LogP contribution in [0.4, 0.5) is 0 Å². The Kier molecular flexibility index (Phi) is 3.54. The second-order valence-corrected chi connectivity index (χ2v) is 5.06. The molecule has 2 heterocycles. The molecule has 0 spiro atoms. The summed E-state index contributed by atoms with van der Waals surface area (Å²) in [5.41, 5.74) is 1.58. The summed E-state index contributed by atoms with van der Waals surface area (Å²) in [7, 11) is 0. The van der Waals surface area contributed by atoms with Crippen molar-refractivity contribution in [3.8, 4) is 0 Å². The van der Waals surface area contributed by atoms with Gasteiger partial charge in [-0.05, 0) is 24.3 Å². The van der Waals surface area contributed by atoms with Gasteiger partial charge in [0.05, 0.1) is 23.7 Å². The summed E-state index contributed by atoms with van der Waals surface area (Å²) in [5, 5.41) is 4.57. The SMILES string of the molecule is O=C(CC(=O)c1cnn2ccccc12)c1cccc(Cl)c1. The van der Waals surface area contributed by atoms with Crippen LogP contribution in [0.2, 0.25) is 5.02 Å². The average molecular weight is 299 g/mol. The zero-order valence-corrected chi connectivity index (χ0v) is 11.7. The van der Waals surface area contributed by atoms with Crippen LogP contribution < -0.4 is 0 Å². The third kappa shape index (κ3) is 2.71. The topological polar surface area (TPSA) is 51.4 Å². The Bertz CT molecular complexity index is 839. The molecule has 0 radical (unpaired) electrons. The van der Waals surface area contributed by atoms with E-state index >= 15 is 0 Å². The maximum Gasteiger partial charge on any atom is 0.174 e. The Morgan fingerprint density at radius 2 is 1.95 bits per heavy atom. The number of hydrogen-bond donors (Lipinski definition) is 0. The second-order valence-electron chi connectivity index (χ2n) is 4.62. The Morgan fingerprint density at radius 3 is 2.76 bits per heavy atom. The van der Waals surface area contributed by atoms with Crippen LogP contribution in [0.1, 0.15) is 27.1 Å². The van der Waals surface area contributed by atoms with Gasteiger partial charge in [-0.15, -0.1) is 0 Å². The van der Waals surface area contributed by atoms with Crippen molar-refractivity contribution in [3.63, 3.8) is 0 Å². The van der Waals surface area contributed by atoms with Crippen LogP contribution in [0.5, 0.6) is 0 Å². The zero-order chi connectivity index (χ0) is 14.8. The summed E-state index contributed by atoms with van der Waals surface area (Å²) in [4.78, 5) is 24.4. The molecule has 0 amide bonds. The lowest BCUT2D eigenvalue weighted by atomic mass is 10.0. The number of carbonyl (C=O) groups excluding carboxylic acids is 2. The quantitative estimate of drug-likeness (QED) is 0.547. The molecule has 21 heavy (non-hydrogen) atoms. The first kappa shape index (κ1) is 13.5. The molecule has 0 saturated heterocycles. The van der Waals surface area contributed by atoms with Crippen LogP contribution in [-0.4, -0.2) is 21.2 Å². The molecular formula is C16H11ClN2O2. The number of rotatable bonds is 4. The van der Waals surface area contributed by atoms with Gasteiger partial charge in [0.2, 0.25) is 0 Å². The number of pyridine rings is 1. The lowest BCUT2D eigenvalue weighted by Gasteiger charge is -2.01. The fourth-order valence-corrected chi connectivity index (χ4v) is 2.34. The highest BCUT2D eigenvalue weighted by atomic mass is 35.5. The first-order valence-electron chi connectivity index (χ1n) is 6.39. The van der Waals surface area contributed by atoms with Crippen LogP contribution in [0.3, 0.4) is 0 Å². The maximum atomic E-state index is 12.3. The van der Waals surface area contributed by atoms with E-state index in [1.54, 1.807) is 41.0 Å². The van der Waals surface area contributed by atoms with Crippen molar-refractivity contribution < 1.29 is 9.59 Å². The van der Waals surface area contributed by atoms with Crippen molar-refractivity contribution in [3.05, 3.63) is 71.0 Å². The van der Waals surface area contributed by atoms with Gasteiger partial charge in [-0.3, -0.25) is 9.59 Å². The van der Waals surface area contributed by atoms with Crippen LogP contribution in [-0.2, 0) is 0 Å². The molecule has 0 saturated carbocycles. The largest absolute Gasteiger partial charge is 0.294 e. The lowest BCUT2D eigenvalue weighted by Crippen LogP contribution is -2.08. The van der Waals surface area contributed by atoms with Crippen molar-refractivity contribution in [2.24, 2.45) is 0 Å². The summed E-state index contributed by atoms with van der Waals surface area (Å²) < 4.78 is 1.61. The van der Waals surface area contributed by atoms with Gasteiger partial charge in [-0.2, -0.15) is 5.10 Å². The highest BCUT2D eigenvalue weighted by Crippen LogP contribution is 2.16. The number of Topliss-reactive ketones (excluding diaryl/α,β-unsaturated/α-hetero) is 2.